The highest BCUT2D eigenvalue weighted by Gasteiger charge is 2.14. The summed E-state index contributed by atoms with van der Waals surface area (Å²) in [5, 5.41) is 1.18. The molecule has 0 aliphatic carbocycles. The lowest BCUT2D eigenvalue weighted by Gasteiger charge is -2.07. The van der Waals surface area contributed by atoms with Gasteiger partial charge in [0, 0.05) is 16.5 Å². The maximum atomic E-state index is 6.17. The van der Waals surface area contributed by atoms with Crippen molar-refractivity contribution >= 4 is 17.0 Å². The van der Waals surface area contributed by atoms with Gasteiger partial charge in [0.1, 0.15) is 11.3 Å². The van der Waals surface area contributed by atoms with Crippen LogP contribution in [0.2, 0.25) is 0 Å². The molecule has 0 bridgehead atoms. The van der Waals surface area contributed by atoms with Gasteiger partial charge in [0.05, 0.1) is 0 Å². The molecule has 0 aliphatic rings. The maximum Gasteiger partial charge on any atom is 0.142 e. The van der Waals surface area contributed by atoms with Gasteiger partial charge in [-0.2, -0.15) is 0 Å². The van der Waals surface area contributed by atoms with Crippen molar-refractivity contribution in [1.29, 1.82) is 0 Å². The number of rotatable bonds is 4. The fourth-order valence-electron chi connectivity index (χ4n) is 3.56. The third-order valence-electron chi connectivity index (χ3n) is 4.95. The summed E-state index contributed by atoms with van der Waals surface area (Å²) in [5.41, 5.74) is 8.18. The average molecular weight is 338 g/mol. The van der Waals surface area contributed by atoms with E-state index in [-0.39, 0.29) is 0 Å². The quantitative estimate of drug-likeness (QED) is 0.381. The predicted octanol–water partition coefficient (Wildman–Crippen LogP) is 7.28. The van der Waals surface area contributed by atoms with Gasteiger partial charge < -0.3 is 4.42 Å². The summed E-state index contributed by atoms with van der Waals surface area (Å²) in [6.07, 6.45) is 2.74. The topological polar surface area (TPSA) is 13.1 Å². The van der Waals surface area contributed by atoms with Crippen molar-refractivity contribution in [1.82, 2.24) is 0 Å². The number of para-hydroxylation sites is 1. The molecule has 0 N–H and O–H groups in total. The minimum absolute atomic E-state index is 0.879. The second kappa shape index (κ2) is 6.68. The zero-order valence-corrected chi connectivity index (χ0v) is 15.3. The van der Waals surface area contributed by atoms with Crippen LogP contribution in [0.15, 0.2) is 77.7 Å². The van der Waals surface area contributed by atoms with E-state index in [9.17, 15) is 0 Å². The Labute approximate surface area is 154 Å². The van der Waals surface area contributed by atoms with Crippen LogP contribution in [-0.4, -0.2) is 0 Å². The number of furan rings is 1. The van der Waals surface area contributed by atoms with Crippen molar-refractivity contribution in [3.63, 3.8) is 0 Å². The van der Waals surface area contributed by atoms with Crippen LogP contribution in [-0.2, 0) is 6.42 Å². The summed E-state index contributed by atoms with van der Waals surface area (Å²) in [5.74, 6) is 0.879. The number of hydrogen-bond acceptors (Lipinski definition) is 1. The fraction of sp³-hybridized carbons (Fsp3) is 0.120. The average Bonchev–Trinajstić information content (AvgIpc) is 3.06. The Balaban J connectivity index is 1.88. The van der Waals surface area contributed by atoms with Crippen LogP contribution in [0.25, 0.3) is 39.3 Å². The van der Waals surface area contributed by atoms with Crippen LogP contribution >= 0.6 is 0 Å². The highest BCUT2D eigenvalue weighted by Crippen LogP contribution is 2.36. The van der Waals surface area contributed by atoms with Crippen molar-refractivity contribution in [2.45, 2.75) is 20.3 Å². The molecule has 0 saturated carbocycles. The van der Waals surface area contributed by atoms with Gasteiger partial charge in [-0.05, 0) is 42.2 Å². The lowest BCUT2D eigenvalue weighted by Crippen LogP contribution is -1.83. The Bertz CT molecular complexity index is 1080. The van der Waals surface area contributed by atoms with Gasteiger partial charge >= 0.3 is 0 Å². The molecular formula is C25H22O. The summed E-state index contributed by atoms with van der Waals surface area (Å²) in [7, 11) is 0. The van der Waals surface area contributed by atoms with E-state index in [0.717, 1.165) is 23.3 Å². The van der Waals surface area contributed by atoms with E-state index in [1.54, 1.807) is 0 Å². The largest absolute Gasteiger partial charge is 0.456 e. The molecule has 0 radical (unpaired) electrons. The Hall–Kier alpha value is -3.06. The van der Waals surface area contributed by atoms with Crippen molar-refractivity contribution in [3.8, 4) is 22.3 Å². The molecule has 0 atom stereocenters. The molecule has 3 aromatic carbocycles. The Morgan fingerprint density at radius 2 is 1.62 bits per heavy atom. The van der Waals surface area contributed by atoms with Gasteiger partial charge in [0.25, 0.3) is 0 Å². The molecule has 128 valence electrons. The molecular weight excluding hydrogens is 316 g/mol. The number of fused-ring (bicyclic) bond motifs is 1. The van der Waals surface area contributed by atoms with E-state index >= 15 is 0 Å². The van der Waals surface area contributed by atoms with Crippen molar-refractivity contribution < 1.29 is 4.42 Å². The van der Waals surface area contributed by atoms with Crippen molar-refractivity contribution in [2.24, 2.45) is 0 Å². The van der Waals surface area contributed by atoms with E-state index in [2.05, 4.69) is 87.2 Å². The van der Waals surface area contributed by atoms with Gasteiger partial charge in [-0.3, -0.25) is 0 Å². The summed E-state index contributed by atoms with van der Waals surface area (Å²) in [4.78, 5) is 0. The molecule has 26 heavy (non-hydrogen) atoms. The van der Waals surface area contributed by atoms with E-state index < -0.39 is 0 Å². The smallest absolute Gasteiger partial charge is 0.142 e. The van der Waals surface area contributed by atoms with Crippen molar-refractivity contribution in [3.05, 3.63) is 90.2 Å². The van der Waals surface area contributed by atoms with E-state index in [1.165, 1.54) is 33.2 Å². The Kier molecular flexibility index (Phi) is 4.22. The molecule has 0 aliphatic heterocycles. The van der Waals surface area contributed by atoms with E-state index in [4.69, 9.17) is 4.42 Å². The second-order valence-corrected chi connectivity index (χ2v) is 6.63. The minimum Gasteiger partial charge on any atom is -0.456 e. The summed E-state index contributed by atoms with van der Waals surface area (Å²) >= 11 is 0. The number of benzene rings is 3. The first-order valence-electron chi connectivity index (χ1n) is 9.05. The first kappa shape index (κ1) is 16.4. The molecule has 1 nitrogen and oxygen atoms in total. The van der Waals surface area contributed by atoms with Gasteiger partial charge in [0.15, 0.2) is 0 Å². The molecule has 4 rings (SSSR count). The number of hydrogen-bond donors (Lipinski definition) is 0. The lowest BCUT2D eigenvalue weighted by atomic mass is 9.97. The highest BCUT2D eigenvalue weighted by atomic mass is 16.3. The first-order chi connectivity index (χ1) is 12.7. The number of aryl methyl sites for hydroxylation is 2. The molecule has 0 saturated heterocycles. The molecule has 1 heterocycles. The second-order valence-electron chi connectivity index (χ2n) is 6.63. The molecule has 4 aromatic rings. The zero-order chi connectivity index (χ0) is 18.1. The third kappa shape index (κ3) is 2.76. The predicted molar refractivity (Wildman–Crippen MR) is 111 cm³/mol. The Morgan fingerprint density at radius 3 is 2.35 bits per heavy atom. The van der Waals surface area contributed by atoms with Gasteiger partial charge in [-0.25, -0.2) is 0 Å². The summed E-state index contributed by atoms with van der Waals surface area (Å²) in [6.45, 7) is 8.17. The lowest BCUT2D eigenvalue weighted by molar-refractivity contribution is 0.600. The van der Waals surface area contributed by atoms with Crippen LogP contribution in [0.3, 0.4) is 0 Å². The van der Waals surface area contributed by atoms with E-state index in [1.807, 2.05) is 6.08 Å². The van der Waals surface area contributed by atoms with Crippen LogP contribution in [0.1, 0.15) is 23.8 Å². The first-order valence-corrected chi connectivity index (χ1v) is 9.05. The zero-order valence-electron chi connectivity index (χ0n) is 15.3. The van der Waals surface area contributed by atoms with Crippen LogP contribution in [0, 0.1) is 6.92 Å². The van der Waals surface area contributed by atoms with Gasteiger partial charge in [-0.15, -0.1) is 0 Å². The van der Waals surface area contributed by atoms with Crippen LogP contribution in [0.4, 0.5) is 0 Å². The van der Waals surface area contributed by atoms with Crippen molar-refractivity contribution in [2.75, 3.05) is 0 Å². The molecule has 0 spiro atoms. The van der Waals surface area contributed by atoms with Gasteiger partial charge in [0.2, 0.25) is 0 Å². The van der Waals surface area contributed by atoms with Crippen LogP contribution < -0.4 is 0 Å². The normalized spacial score (nSPS) is 11.0. The van der Waals surface area contributed by atoms with E-state index in [0.29, 0.717) is 0 Å². The molecule has 1 heteroatoms. The summed E-state index contributed by atoms with van der Waals surface area (Å²) in [6, 6.07) is 23.7. The monoisotopic (exact) mass is 338 g/mol. The third-order valence-corrected chi connectivity index (χ3v) is 4.95. The highest BCUT2D eigenvalue weighted by molar-refractivity contribution is 5.96. The molecule has 0 fully saturated rings. The summed E-state index contributed by atoms with van der Waals surface area (Å²) < 4.78 is 6.17. The SMILES string of the molecule is C=Cc1oc2c(-c3cccc(-c4ccc(C)cc4)c3)cccc2c1CC. The minimum atomic E-state index is 0.879. The molecule has 0 unspecified atom stereocenters. The Morgan fingerprint density at radius 1 is 0.885 bits per heavy atom. The van der Waals surface area contributed by atoms with Crippen LogP contribution in [0.5, 0.6) is 0 Å². The molecule has 1 aromatic heterocycles. The maximum absolute atomic E-state index is 6.17. The fourth-order valence-corrected chi connectivity index (χ4v) is 3.56. The standard InChI is InChI=1S/C25H22O/c1-4-21-23-11-7-10-22(25(23)26-24(21)5-2)20-9-6-8-19(16-20)18-14-12-17(3)13-15-18/h5-16H,2,4H2,1,3H3. The molecule has 0 amide bonds. The van der Waals surface area contributed by atoms with Gasteiger partial charge in [-0.1, -0.05) is 79.7 Å².